The number of nitrogen functional groups attached to an aromatic ring is 1. The molecule has 0 radical (unpaired) electrons. The van der Waals surface area contributed by atoms with E-state index < -0.39 is 11.9 Å². The minimum Gasteiger partial charge on any atom is -0.397 e. The summed E-state index contributed by atoms with van der Waals surface area (Å²) in [5, 5.41) is 8.79. The molecule has 4 nitrogen and oxygen atoms in total. The number of nitriles is 1. The number of anilines is 2. The predicted molar refractivity (Wildman–Crippen MR) is 63.4 cm³/mol. The molecule has 1 aliphatic heterocycles. The quantitative estimate of drug-likeness (QED) is 0.777. The molecule has 17 heavy (non-hydrogen) atoms. The van der Waals surface area contributed by atoms with Crippen LogP contribution in [-0.4, -0.2) is 25.8 Å². The Morgan fingerprint density at radius 1 is 1.59 bits per heavy atom. The molecule has 1 aromatic rings. The highest BCUT2D eigenvalue weighted by Gasteiger charge is 2.22. The normalized spacial score (nSPS) is 20.1. The van der Waals surface area contributed by atoms with Crippen molar-refractivity contribution in [2.75, 3.05) is 30.3 Å². The van der Waals surface area contributed by atoms with Crippen LogP contribution < -0.4 is 10.6 Å². The van der Waals surface area contributed by atoms with E-state index in [2.05, 4.69) is 0 Å². The van der Waals surface area contributed by atoms with Crippen molar-refractivity contribution in [2.45, 2.75) is 6.10 Å². The number of hydrogen-bond acceptors (Lipinski definition) is 4. The summed E-state index contributed by atoms with van der Waals surface area (Å²) in [5.41, 5.74) is 6.74. The van der Waals surface area contributed by atoms with Gasteiger partial charge in [-0.2, -0.15) is 5.26 Å². The number of morpholine rings is 1. The van der Waals surface area contributed by atoms with Crippen molar-refractivity contribution in [1.82, 2.24) is 0 Å². The lowest BCUT2D eigenvalue weighted by Crippen LogP contribution is -2.42. The first kappa shape index (κ1) is 12.0. The third-order valence-electron chi connectivity index (χ3n) is 2.62. The third kappa shape index (κ3) is 2.43. The van der Waals surface area contributed by atoms with Gasteiger partial charge in [0, 0.05) is 12.6 Å². The Labute approximate surface area is 103 Å². The standard InChI is InChI=1S/C11H11ClFN3O/c12-8-3-10(15)11(4-9(8)13)16-1-2-17-7(5-14)6-16/h3-4,7H,1-2,6,15H2. The summed E-state index contributed by atoms with van der Waals surface area (Å²) in [5.74, 6) is -0.518. The SMILES string of the molecule is N#CC1CN(c2cc(F)c(Cl)cc2N)CCO1. The molecule has 90 valence electrons. The van der Waals surface area contributed by atoms with E-state index in [4.69, 9.17) is 27.3 Å². The maximum absolute atomic E-state index is 13.4. The Morgan fingerprint density at radius 3 is 3.06 bits per heavy atom. The number of rotatable bonds is 1. The fourth-order valence-electron chi connectivity index (χ4n) is 1.77. The van der Waals surface area contributed by atoms with Gasteiger partial charge in [-0.05, 0) is 6.07 Å². The molecule has 1 aromatic carbocycles. The van der Waals surface area contributed by atoms with Crippen LogP contribution in [0.15, 0.2) is 12.1 Å². The Balaban J connectivity index is 2.28. The number of ether oxygens (including phenoxy) is 1. The summed E-state index contributed by atoms with van der Waals surface area (Å²) in [6.07, 6.45) is -0.512. The highest BCUT2D eigenvalue weighted by Crippen LogP contribution is 2.30. The van der Waals surface area contributed by atoms with Gasteiger partial charge in [-0.1, -0.05) is 11.6 Å². The topological polar surface area (TPSA) is 62.3 Å². The number of nitrogens with zero attached hydrogens (tertiary/aromatic N) is 2. The number of nitrogens with two attached hydrogens (primary N) is 1. The Kier molecular flexibility index (Phi) is 3.36. The summed E-state index contributed by atoms with van der Waals surface area (Å²) in [7, 11) is 0. The van der Waals surface area contributed by atoms with Crippen LogP contribution in [-0.2, 0) is 4.74 Å². The number of hydrogen-bond donors (Lipinski definition) is 1. The van der Waals surface area contributed by atoms with E-state index in [9.17, 15) is 4.39 Å². The lowest BCUT2D eigenvalue weighted by atomic mass is 10.2. The zero-order valence-electron chi connectivity index (χ0n) is 8.99. The van der Waals surface area contributed by atoms with Crippen LogP contribution in [0.1, 0.15) is 0 Å². The summed E-state index contributed by atoms with van der Waals surface area (Å²) < 4.78 is 18.6. The third-order valence-corrected chi connectivity index (χ3v) is 2.91. The van der Waals surface area contributed by atoms with Gasteiger partial charge in [-0.3, -0.25) is 0 Å². The second kappa shape index (κ2) is 4.78. The van der Waals surface area contributed by atoms with Crippen LogP contribution in [0.5, 0.6) is 0 Å². The van der Waals surface area contributed by atoms with Gasteiger partial charge in [0.2, 0.25) is 0 Å². The average Bonchev–Trinajstić information content (AvgIpc) is 2.34. The molecule has 2 N–H and O–H groups in total. The zero-order chi connectivity index (χ0) is 12.4. The Hall–Kier alpha value is -1.51. The van der Waals surface area contributed by atoms with Crippen LogP contribution in [0.2, 0.25) is 5.02 Å². The van der Waals surface area contributed by atoms with E-state index in [1.54, 1.807) is 0 Å². The molecule has 1 atom stereocenters. The molecule has 6 heteroatoms. The molecule has 0 bridgehead atoms. The van der Waals surface area contributed by atoms with Gasteiger partial charge < -0.3 is 15.4 Å². The summed E-state index contributed by atoms with van der Waals surface area (Å²) in [4.78, 5) is 1.83. The monoisotopic (exact) mass is 255 g/mol. The van der Waals surface area contributed by atoms with Crippen molar-refractivity contribution in [2.24, 2.45) is 0 Å². The molecule has 1 heterocycles. The van der Waals surface area contributed by atoms with Crippen LogP contribution >= 0.6 is 11.6 Å². The maximum atomic E-state index is 13.4. The fourth-order valence-corrected chi connectivity index (χ4v) is 1.94. The van der Waals surface area contributed by atoms with Crippen molar-refractivity contribution in [3.63, 3.8) is 0 Å². The smallest absolute Gasteiger partial charge is 0.161 e. The molecule has 1 unspecified atom stereocenters. The first-order valence-corrected chi connectivity index (χ1v) is 5.50. The van der Waals surface area contributed by atoms with E-state index in [1.165, 1.54) is 12.1 Å². The highest BCUT2D eigenvalue weighted by molar-refractivity contribution is 6.31. The highest BCUT2D eigenvalue weighted by atomic mass is 35.5. The molecule has 1 fully saturated rings. The van der Waals surface area contributed by atoms with Crippen molar-refractivity contribution < 1.29 is 9.13 Å². The van der Waals surface area contributed by atoms with Crippen LogP contribution in [0.3, 0.4) is 0 Å². The van der Waals surface area contributed by atoms with Crippen molar-refractivity contribution in [3.05, 3.63) is 23.0 Å². The van der Waals surface area contributed by atoms with Crippen LogP contribution in [0.4, 0.5) is 15.8 Å². The van der Waals surface area contributed by atoms with Gasteiger partial charge in [0.15, 0.2) is 6.10 Å². The predicted octanol–water partition coefficient (Wildman–Crippen LogP) is 1.79. The summed E-state index contributed by atoms with van der Waals surface area (Å²) in [6.45, 7) is 1.37. The van der Waals surface area contributed by atoms with Gasteiger partial charge in [-0.25, -0.2) is 4.39 Å². The van der Waals surface area contributed by atoms with E-state index in [0.29, 0.717) is 31.1 Å². The lowest BCUT2D eigenvalue weighted by molar-refractivity contribution is 0.0765. The van der Waals surface area contributed by atoms with Crippen LogP contribution in [0, 0.1) is 17.1 Å². The molecule has 0 saturated carbocycles. The minimum absolute atomic E-state index is 0.00339. The molecular weight excluding hydrogens is 245 g/mol. The average molecular weight is 256 g/mol. The first-order valence-electron chi connectivity index (χ1n) is 5.12. The van der Waals surface area contributed by atoms with Crippen molar-refractivity contribution >= 4 is 23.0 Å². The van der Waals surface area contributed by atoms with E-state index in [1.807, 2.05) is 11.0 Å². The lowest BCUT2D eigenvalue weighted by Gasteiger charge is -2.32. The van der Waals surface area contributed by atoms with Gasteiger partial charge in [0.1, 0.15) is 5.82 Å². The second-order valence-corrected chi connectivity index (χ2v) is 4.17. The molecule has 0 amide bonds. The largest absolute Gasteiger partial charge is 0.397 e. The molecule has 2 rings (SSSR count). The second-order valence-electron chi connectivity index (χ2n) is 3.76. The Morgan fingerprint density at radius 2 is 2.35 bits per heavy atom. The van der Waals surface area contributed by atoms with Gasteiger partial charge >= 0.3 is 0 Å². The van der Waals surface area contributed by atoms with E-state index >= 15 is 0 Å². The molecule has 1 saturated heterocycles. The van der Waals surface area contributed by atoms with Gasteiger partial charge in [0.05, 0.1) is 35.6 Å². The fraction of sp³-hybridized carbons (Fsp3) is 0.364. The van der Waals surface area contributed by atoms with Gasteiger partial charge in [-0.15, -0.1) is 0 Å². The van der Waals surface area contributed by atoms with Crippen molar-refractivity contribution in [3.8, 4) is 6.07 Å². The van der Waals surface area contributed by atoms with Crippen molar-refractivity contribution in [1.29, 1.82) is 5.26 Å². The number of benzene rings is 1. The summed E-state index contributed by atoms with van der Waals surface area (Å²) >= 11 is 5.63. The van der Waals surface area contributed by atoms with Crippen LogP contribution in [0.25, 0.3) is 0 Å². The molecular formula is C11H11ClFN3O. The first-order chi connectivity index (χ1) is 8.11. The zero-order valence-corrected chi connectivity index (χ0v) is 9.75. The summed E-state index contributed by atoms with van der Waals surface area (Å²) in [6, 6.07) is 4.69. The minimum atomic E-state index is -0.518. The molecule has 1 aliphatic rings. The maximum Gasteiger partial charge on any atom is 0.161 e. The van der Waals surface area contributed by atoms with E-state index in [0.717, 1.165) is 0 Å². The number of halogens is 2. The molecule has 0 spiro atoms. The van der Waals surface area contributed by atoms with E-state index in [-0.39, 0.29) is 5.02 Å². The Bertz CT molecular complexity index is 475. The molecule has 0 aromatic heterocycles. The molecule has 0 aliphatic carbocycles. The van der Waals surface area contributed by atoms with Gasteiger partial charge in [0.25, 0.3) is 0 Å².